The first kappa shape index (κ1) is 16.8. The van der Waals surface area contributed by atoms with Gasteiger partial charge in [-0.3, -0.25) is 4.79 Å². The second kappa shape index (κ2) is 7.53. The molecule has 1 N–H and O–H groups in total. The fourth-order valence-electron chi connectivity index (χ4n) is 2.17. The fraction of sp³-hybridized carbons (Fsp3) is 0.562. The number of hydrogen-bond donors (Lipinski definition) is 1. The molecule has 4 heteroatoms. The molecule has 20 heavy (non-hydrogen) atoms. The van der Waals surface area contributed by atoms with Crippen molar-refractivity contribution in [3.63, 3.8) is 0 Å². The van der Waals surface area contributed by atoms with Gasteiger partial charge in [0.15, 0.2) is 6.10 Å². The maximum atomic E-state index is 12.2. The van der Waals surface area contributed by atoms with Gasteiger partial charge in [-0.15, -0.1) is 0 Å². The Bertz CT molecular complexity index is 438. The van der Waals surface area contributed by atoms with Crippen LogP contribution in [0.15, 0.2) is 24.3 Å². The van der Waals surface area contributed by atoms with Crippen molar-refractivity contribution in [1.29, 1.82) is 0 Å². The summed E-state index contributed by atoms with van der Waals surface area (Å²) in [7, 11) is 0. The highest BCUT2D eigenvalue weighted by molar-refractivity contribution is 6.32. The van der Waals surface area contributed by atoms with Gasteiger partial charge >= 0.3 is 0 Å². The van der Waals surface area contributed by atoms with Gasteiger partial charge in [0.1, 0.15) is 5.75 Å². The van der Waals surface area contributed by atoms with Crippen molar-refractivity contribution in [2.75, 3.05) is 0 Å². The third kappa shape index (κ3) is 4.71. The van der Waals surface area contributed by atoms with E-state index in [-0.39, 0.29) is 11.9 Å². The lowest BCUT2D eigenvalue weighted by Gasteiger charge is -2.27. The van der Waals surface area contributed by atoms with Gasteiger partial charge < -0.3 is 10.1 Å². The second-order valence-corrected chi connectivity index (χ2v) is 6.12. The Morgan fingerprint density at radius 2 is 1.65 bits per heavy atom. The van der Waals surface area contributed by atoms with Gasteiger partial charge in [0.2, 0.25) is 0 Å². The predicted octanol–water partition coefficient (Wildman–Crippen LogP) is 3.90. The predicted molar refractivity (Wildman–Crippen MR) is 83.1 cm³/mol. The third-order valence-corrected chi connectivity index (χ3v) is 3.57. The molecule has 0 heterocycles. The fourth-order valence-corrected chi connectivity index (χ4v) is 2.35. The van der Waals surface area contributed by atoms with Crippen molar-refractivity contribution >= 4 is 17.5 Å². The Hall–Kier alpha value is -1.22. The summed E-state index contributed by atoms with van der Waals surface area (Å²) in [5.41, 5.74) is 0. The lowest BCUT2D eigenvalue weighted by molar-refractivity contribution is -0.128. The van der Waals surface area contributed by atoms with E-state index in [9.17, 15) is 4.79 Å². The lowest BCUT2D eigenvalue weighted by atomic mass is 9.93. The Balaban J connectivity index is 2.65. The number of amides is 1. The summed E-state index contributed by atoms with van der Waals surface area (Å²) in [5, 5.41) is 3.56. The van der Waals surface area contributed by atoms with Crippen molar-refractivity contribution < 1.29 is 9.53 Å². The minimum absolute atomic E-state index is 0.114. The van der Waals surface area contributed by atoms with E-state index in [0.717, 1.165) is 0 Å². The first-order valence-electron chi connectivity index (χ1n) is 7.04. The first-order valence-corrected chi connectivity index (χ1v) is 7.42. The number of hydrogen-bond acceptors (Lipinski definition) is 2. The van der Waals surface area contributed by atoms with Crippen LogP contribution in [0, 0.1) is 11.8 Å². The van der Waals surface area contributed by atoms with Crippen LogP contribution in [0.1, 0.15) is 34.6 Å². The number of para-hydroxylation sites is 1. The Labute approximate surface area is 126 Å². The number of rotatable bonds is 6. The smallest absolute Gasteiger partial charge is 0.261 e. The van der Waals surface area contributed by atoms with E-state index in [4.69, 9.17) is 16.3 Å². The molecule has 1 rings (SSSR count). The molecule has 1 amide bonds. The zero-order valence-electron chi connectivity index (χ0n) is 12.8. The molecule has 0 bridgehead atoms. The van der Waals surface area contributed by atoms with Crippen LogP contribution in [0.5, 0.6) is 5.75 Å². The molecule has 3 nitrogen and oxygen atoms in total. The zero-order valence-corrected chi connectivity index (χ0v) is 13.6. The minimum Gasteiger partial charge on any atom is -0.479 e. The van der Waals surface area contributed by atoms with Crippen molar-refractivity contribution in [3.05, 3.63) is 29.3 Å². The molecule has 0 radical (unpaired) electrons. The average Bonchev–Trinajstić information content (AvgIpc) is 2.37. The van der Waals surface area contributed by atoms with E-state index in [1.807, 2.05) is 12.1 Å². The largest absolute Gasteiger partial charge is 0.479 e. The topological polar surface area (TPSA) is 38.3 Å². The van der Waals surface area contributed by atoms with E-state index in [1.54, 1.807) is 19.1 Å². The van der Waals surface area contributed by atoms with Crippen molar-refractivity contribution in [1.82, 2.24) is 5.32 Å². The van der Waals surface area contributed by atoms with Crippen LogP contribution < -0.4 is 10.1 Å². The van der Waals surface area contributed by atoms with Crippen LogP contribution in [-0.2, 0) is 4.79 Å². The summed E-state index contributed by atoms with van der Waals surface area (Å²) in [6.45, 7) is 10.1. The van der Waals surface area contributed by atoms with Gasteiger partial charge in [-0.25, -0.2) is 0 Å². The quantitative estimate of drug-likeness (QED) is 0.864. The third-order valence-electron chi connectivity index (χ3n) is 3.26. The number of ether oxygens (including phenoxy) is 1. The molecule has 0 aromatic heterocycles. The molecule has 0 aliphatic rings. The Morgan fingerprint density at radius 3 is 2.15 bits per heavy atom. The van der Waals surface area contributed by atoms with Crippen molar-refractivity contribution in [2.24, 2.45) is 11.8 Å². The Kier molecular flexibility index (Phi) is 6.34. The minimum atomic E-state index is -0.574. The summed E-state index contributed by atoms with van der Waals surface area (Å²) in [6, 6.07) is 7.30. The van der Waals surface area contributed by atoms with E-state index < -0.39 is 6.10 Å². The number of benzene rings is 1. The number of halogens is 1. The lowest BCUT2D eigenvalue weighted by Crippen LogP contribution is -2.47. The van der Waals surface area contributed by atoms with Crippen LogP contribution in [-0.4, -0.2) is 18.1 Å². The van der Waals surface area contributed by atoms with Crippen LogP contribution in [0.2, 0.25) is 5.02 Å². The Morgan fingerprint density at radius 1 is 1.10 bits per heavy atom. The summed E-state index contributed by atoms with van der Waals surface area (Å²) in [4.78, 5) is 12.2. The van der Waals surface area contributed by atoms with Crippen molar-refractivity contribution in [2.45, 2.75) is 46.8 Å². The SMILES string of the molecule is CC(C)C(NC(=O)[C@@H](C)Oc1ccccc1Cl)C(C)C. The standard InChI is InChI=1S/C16H24ClNO2/c1-10(2)15(11(3)4)18-16(19)12(5)20-14-9-7-6-8-13(14)17/h6-12,15H,1-5H3,(H,18,19)/t12-/m1/s1. The van der Waals surface area contributed by atoms with Crippen LogP contribution in [0.25, 0.3) is 0 Å². The van der Waals surface area contributed by atoms with E-state index >= 15 is 0 Å². The molecule has 1 aromatic carbocycles. The van der Waals surface area contributed by atoms with Gasteiger partial charge in [0.25, 0.3) is 5.91 Å². The molecule has 1 aromatic rings. The molecule has 0 saturated carbocycles. The molecular weight excluding hydrogens is 274 g/mol. The molecule has 0 spiro atoms. The molecule has 0 aliphatic carbocycles. The van der Waals surface area contributed by atoms with Crippen LogP contribution in [0.4, 0.5) is 0 Å². The van der Waals surface area contributed by atoms with Gasteiger partial charge in [-0.05, 0) is 30.9 Å². The molecule has 0 fully saturated rings. The number of carbonyl (C=O) groups is 1. The molecule has 0 aliphatic heterocycles. The number of carbonyl (C=O) groups excluding carboxylic acids is 1. The normalized spacial score (nSPS) is 12.8. The first-order chi connectivity index (χ1) is 9.32. The highest BCUT2D eigenvalue weighted by Gasteiger charge is 2.23. The second-order valence-electron chi connectivity index (χ2n) is 5.71. The summed E-state index contributed by atoms with van der Waals surface area (Å²) >= 11 is 6.02. The van der Waals surface area contributed by atoms with Crippen LogP contribution in [0.3, 0.4) is 0 Å². The maximum absolute atomic E-state index is 12.2. The van der Waals surface area contributed by atoms with E-state index in [2.05, 4.69) is 33.0 Å². The highest BCUT2D eigenvalue weighted by Crippen LogP contribution is 2.24. The molecule has 0 unspecified atom stereocenters. The molecule has 112 valence electrons. The molecule has 0 saturated heterocycles. The van der Waals surface area contributed by atoms with E-state index in [1.165, 1.54) is 0 Å². The monoisotopic (exact) mass is 297 g/mol. The van der Waals surface area contributed by atoms with Crippen molar-refractivity contribution in [3.8, 4) is 5.75 Å². The molecule has 1 atom stereocenters. The summed E-state index contributed by atoms with van der Waals surface area (Å²) < 4.78 is 5.62. The summed E-state index contributed by atoms with van der Waals surface area (Å²) in [6.07, 6.45) is -0.574. The maximum Gasteiger partial charge on any atom is 0.261 e. The van der Waals surface area contributed by atoms with Gasteiger partial charge in [0, 0.05) is 6.04 Å². The van der Waals surface area contributed by atoms with Gasteiger partial charge in [-0.2, -0.15) is 0 Å². The van der Waals surface area contributed by atoms with Crippen LogP contribution >= 0.6 is 11.6 Å². The van der Waals surface area contributed by atoms with E-state index in [0.29, 0.717) is 22.6 Å². The average molecular weight is 298 g/mol. The van der Waals surface area contributed by atoms with Gasteiger partial charge in [-0.1, -0.05) is 51.4 Å². The molecular formula is C16H24ClNO2. The summed E-state index contributed by atoms with van der Waals surface area (Å²) in [5.74, 6) is 1.18. The number of nitrogens with one attached hydrogen (secondary N) is 1. The van der Waals surface area contributed by atoms with Gasteiger partial charge in [0.05, 0.1) is 5.02 Å². The zero-order chi connectivity index (χ0) is 15.3. The highest BCUT2D eigenvalue weighted by atomic mass is 35.5.